The average Bonchev–Trinajstić information content (AvgIpc) is 3.29. The first-order chi connectivity index (χ1) is 17.7. The highest BCUT2D eigenvalue weighted by Gasteiger charge is 2.38. The van der Waals surface area contributed by atoms with Crippen molar-refractivity contribution in [2.24, 2.45) is 11.8 Å². The van der Waals surface area contributed by atoms with Crippen molar-refractivity contribution in [3.8, 4) is 0 Å². The monoisotopic (exact) mass is 533 g/mol. The molecule has 0 N–H and O–H groups in total. The van der Waals surface area contributed by atoms with Gasteiger partial charge in [0.1, 0.15) is 11.5 Å². The van der Waals surface area contributed by atoms with Crippen LogP contribution in [0.5, 0.6) is 0 Å². The number of nitrogens with zero attached hydrogens (tertiary/aromatic N) is 3. The molecule has 0 bridgehead atoms. The number of aromatic nitrogens is 1. The van der Waals surface area contributed by atoms with Gasteiger partial charge in [-0.25, -0.2) is 12.8 Å². The molecule has 2 saturated heterocycles. The van der Waals surface area contributed by atoms with Crippen molar-refractivity contribution >= 4 is 34.1 Å². The lowest BCUT2D eigenvalue weighted by Gasteiger charge is -2.36. The summed E-state index contributed by atoms with van der Waals surface area (Å²) in [5.74, 6) is -1.05. The van der Waals surface area contributed by atoms with Gasteiger partial charge in [-0.3, -0.25) is 9.59 Å². The second-order valence-corrected chi connectivity index (χ2v) is 11.2. The van der Waals surface area contributed by atoms with Crippen molar-refractivity contribution in [1.82, 2.24) is 14.4 Å². The van der Waals surface area contributed by atoms with Gasteiger partial charge >= 0.3 is 5.97 Å². The van der Waals surface area contributed by atoms with Crippen molar-refractivity contribution < 1.29 is 31.7 Å². The summed E-state index contributed by atoms with van der Waals surface area (Å²) in [6.07, 6.45) is 4.81. The fourth-order valence-electron chi connectivity index (χ4n) is 4.90. The zero-order valence-corrected chi connectivity index (χ0v) is 21.9. The predicted octanol–water partition coefficient (Wildman–Crippen LogP) is 3.49. The van der Waals surface area contributed by atoms with Crippen molar-refractivity contribution in [2.75, 3.05) is 32.8 Å². The average molecular weight is 534 g/mol. The number of ether oxygens (including phenoxy) is 1. The molecule has 9 nitrogen and oxygen atoms in total. The van der Waals surface area contributed by atoms with Crippen LogP contribution in [0, 0.1) is 24.6 Å². The normalized spacial score (nSPS) is 18.4. The summed E-state index contributed by atoms with van der Waals surface area (Å²) < 4.78 is 52.6. The third-order valence-corrected chi connectivity index (χ3v) is 9.04. The quantitative estimate of drug-likeness (QED) is 0.501. The Balaban J connectivity index is 1.38. The third-order valence-electron chi connectivity index (χ3n) is 6.98. The van der Waals surface area contributed by atoms with E-state index < -0.39 is 15.8 Å². The summed E-state index contributed by atoms with van der Waals surface area (Å²) in [5, 5.41) is 3.83. The SMILES string of the molecule is CCOC(=O)C1CCN(C(=O)C2CCN(S(=O)(=O)c3c(C)noc3C=Cc3ccccc3F)CC2)CC1. The van der Waals surface area contributed by atoms with Crippen LogP contribution in [0.2, 0.25) is 0 Å². The lowest BCUT2D eigenvalue weighted by molar-refractivity contribution is -0.152. The molecule has 0 saturated carbocycles. The van der Waals surface area contributed by atoms with Crippen molar-refractivity contribution in [2.45, 2.75) is 44.4 Å². The molecule has 2 fully saturated rings. The number of benzene rings is 1. The molecule has 0 aliphatic carbocycles. The van der Waals surface area contributed by atoms with Crippen LogP contribution in [-0.4, -0.2) is 67.4 Å². The van der Waals surface area contributed by atoms with Gasteiger partial charge in [0.2, 0.25) is 15.9 Å². The highest BCUT2D eigenvalue weighted by atomic mass is 32.2. The van der Waals surface area contributed by atoms with Crippen LogP contribution >= 0.6 is 0 Å². The highest BCUT2D eigenvalue weighted by Crippen LogP contribution is 2.31. The standard InChI is InChI=1S/C26H32FN3O6S/c1-3-35-26(32)21-10-14-29(15-11-21)25(31)20-12-16-30(17-13-20)37(33,34)24-18(2)28-36-23(24)9-8-19-6-4-5-7-22(19)27/h4-9,20-21H,3,10-17H2,1-2H3. The number of aryl methyl sites for hydroxylation is 1. The molecule has 0 atom stereocenters. The Morgan fingerprint density at radius 1 is 1.08 bits per heavy atom. The van der Waals surface area contributed by atoms with E-state index in [0.29, 0.717) is 50.9 Å². The van der Waals surface area contributed by atoms with Gasteiger partial charge in [0.05, 0.1) is 12.5 Å². The first kappa shape index (κ1) is 27.0. The molecule has 37 heavy (non-hydrogen) atoms. The van der Waals surface area contributed by atoms with E-state index in [-0.39, 0.29) is 53.2 Å². The number of carbonyl (C=O) groups excluding carboxylic acids is 2. The number of hydrogen-bond donors (Lipinski definition) is 0. The molecule has 0 radical (unpaired) electrons. The lowest BCUT2D eigenvalue weighted by atomic mass is 9.92. The number of halogens is 1. The molecule has 0 spiro atoms. The van der Waals surface area contributed by atoms with E-state index in [1.54, 1.807) is 36.9 Å². The molecule has 2 aliphatic heterocycles. The Kier molecular flexibility index (Phi) is 8.43. The second-order valence-electron chi connectivity index (χ2n) is 9.35. The summed E-state index contributed by atoms with van der Waals surface area (Å²) in [7, 11) is -3.94. The minimum atomic E-state index is -3.94. The number of esters is 1. The van der Waals surface area contributed by atoms with Crippen LogP contribution in [0.15, 0.2) is 33.7 Å². The van der Waals surface area contributed by atoms with Gasteiger partial charge in [0.15, 0.2) is 10.7 Å². The van der Waals surface area contributed by atoms with E-state index >= 15 is 0 Å². The van der Waals surface area contributed by atoms with Gasteiger partial charge in [-0.15, -0.1) is 0 Å². The zero-order valence-electron chi connectivity index (χ0n) is 21.1. The Morgan fingerprint density at radius 3 is 2.38 bits per heavy atom. The van der Waals surface area contributed by atoms with Gasteiger partial charge in [0, 0.05) is 37.7 Å². The molecule has 2 aromatic rings. The number of piperidine rings is 2. The van der Waals surface area contributed by atoms with Crippen LogP contribution in [0.1, 0.15) is 49.6 Å². The molecule has 0 unspecified atom stereocenters. The van der Waals surface area contributed by atoms with E-state index in [1.165, 1.54) is 22.5 Å². The summed E-state index contributed by atoms with van der Waals surface area (Å²) in [6.45, 7) is 5.05. The lowest BCUT2D eigenvalue weighted by Crippen LogP contribution is -2.47. The van der Waals surface area contributed by atoms with Crippen LogP contribution in [-0.2, 0) is 24.3 Å². The fourth-order valence-corrected chi connectivity index (χ4v) is 6.62. The molecule has 200 valence electrons. The largest absolute Gasteiger partial charge is 0.466 e. The predicted molar refractivity (Wildman–Crippen MR) is 134 cm³/mol. The van der Waals surface area contributed by atoms with E-state index in [1.807, 2.05) is 0 Å². The minimum absolute atomic E-state index is 0.00836. The summed E-state index contributed by atoms with van der Waals surface area (Å²) in [4.78, 5) is 26.8. The van der Waals surface area contributed by atoms with E-state index in [0.717, 1.165) is 0 Å². The molecule has 1 aromatic heterocycles. The molecule has 1 amide bonds. The molecule has 3 heterocycles. The summed E-state index contributed by atoms with van der Waals surface area (Å²) in [6, 6.07) is 6.14. The molecular weight excluding hydrogens is 501 g/mol. The first-order valence-corrected chi connectivity index (χ1v) is 14.0. The fraction of sp³-hybridized carbons (Fsp3) is 0.500. The Bertz CT molecular complexity index is 1260. The Morgan fingerprint density at radius 2 is 1.73 bits per heavy atom. The number of carbonyl (C=O) groups is 2. The number of rotatable bonds is 7. The molecular formula is C26H32FN3O6S. The van der Waals surface area contributed by atoms with Crippen LogP contribution in [0.4, 0.5) is 4.39 Å². The maximum Gasteiger partial charge on any atom is 0.309 e. The Hall–Kier alpha value is -3.05. The minimum Gasteiger partial charge on any atom is -0.466 e. The maximum absolute atomic E-state index is 14.0. The highest BCUT2D eigenvalue weighted by molar-refractivity contribution is 7.89. The molecule has 2 aliphatic rings. The second kappa shape index (κ2) is 11.6. The Labute approximate surface area is 216 Å². The van der Waals surface area contributed by atoms with E-state index in [9.17, 15) is 22.4 Å². The molecule has 1 aromatic carbocycles. The van der Waals surface area contributed by atoms with Gasteiger partial charge in [-0.2, -0.15) is 4.31 Å². The van der Waals surface area contributed by atoms with Crippen molar-refractivity contribution in [3.63, 3.8) is 0 Å². The van der Waals surface area contributed by atoms with Crippen molar-refractivity contribution in [1.29, 1.82) is 0 Å². The number of likely N-dealkylation sites (tertiary alicyclic amines) is 1. The molecule has 4 rings (SSSR count). The van der Waals surface area contributed by atoms with E-state index in [4.69, 9.17) is 9.26 Å². The van der Waals surface area contributed by atoms with Crippen LogP contribution < -0.4 is 0 Å². The number of amides is 1. The van der Waals surface area contributed by atoms with Gasteiger partial charge in [0.25, 0.3) is 0 Å². The smallest absolute Gasteiger partial charge is 0.309 e. The topological polar surface area (TPSA) is 110 Å². The van der Waals surface area contributed by atoms with Crippen LogP contribution in [0.25, 0.3) is 12.2 Å². The summed E-state index contributed by atoms with van der Waals surface area (Å²) >= 11 is 0. The first-order valence-electron chi connectivity index (χ1n) is 12.6. The number of sulfonamides is 1. The van der Waals surface area contributed by atoms with Gasteiger partial charge < -0.3 is 14.2 Å². The van der Waals surface area contributed by atoms with Crippen molar-refractivity contribution in [3.05, 3.63) is 47.1 Å². The maximum atomic E-state index is 14.0. The number of hydrogen-bond acceptors (Lipinski definition) is 7. The van der Waals surface area contributed by atoms with E-state index in [2.05, 4.69) is 5.16 Å². The molecule has 11 heteroatoms. The third kappa shape index (κ3) is 5.93. The van der Waals surface area contributed by atoms with Crippen LogP contribution in [0.3, 0.4) is 0 Å². The zero-order chi connectivity index (χ0) is 26.6. The summed E-state index contributed by atoms with van der Waals surface area (Å²) in [5.41, 5.74) is 0.515. The van der Waals surface area contributed by atoms with Gasteiger partial charge in [-0.1, -0.05) is 23.4 Å². The van der Waals surface area contributed by atoms with Gasteiger partial charge in [-0.05, 0) is 57.7 Å².